The molecule has 0 radical (unpaired) electrons. The highest BCUT2D eigenvalue weighted by Crippen LogP contribution is 2.47. The molecule has 1 spiro atoms. The van der Waals surface area contributed by atoms with Crippen molar-refractivity contribution in [2.75, 3.05) is 44.7 Å². The van der Waals surface area contributed by atoms with Crippen LogP contribution in [0, 0.1) is 28.9 Å². The number of likely N-dealkylation sites (N-methyl/N-ethyl adjacent to an activating group) is 1. The number of piperazine rings is 1. The highest BCUT2D eigenvalue weighted by molar-refractivity contribution is 5.52. The van der Waals surface area contributed by atoms with Gasteiger partial charge >= 0.3 is 6.01 Å². The second kappa shape index (κ2) is 10.8. The minimum Gasteiger partial charge on any atom is -0.627 e. The summed E-state index contributed by atoms with van der Waals surface area (Å²) in [7, 11) is 2.16. The second-order valence-electron chi connectivity index (χ2n) is 12.6. The topological polar surface area (TPSA) is 88.3 Å². The van der Waals surface area contributed by atoms with Gasteiger partial charge in [-0.25, -0.2) is 0 Å². The summed E-state index contributed by atoms with van der Waals surface area (Å²) in [6.45, 7) is 9.12. The number of aromatic nitrogens is 2. The molecule has 1 unspecified atom stereocenters. The quantitative estimate of drug-likeness (QED) is 0.393. The highest BCUT2D eigenvalue weighted by atomic mass is 16.5. The van der Waals surface area contributed by atoms with E-state index < -0.39 is 4.65 Å². The van der Waals surface area contributed by atoms with Crippen molar-refractivity contribution < 1.29 is 9.38 Å². The molecule has 2 aromatic rings. The van der Waals surface area contributed by atoms with Crippen molar-refractivity contribution in [3.8, 4) is 12.1 Å². The first kappa shape index (κ1) is 27.2. The summed E-state index contributed by atoms with van der Waals surface area (Å²) in [5, 5.41) is 22.8. The molecule has 3 heterocycles. The van der Waals surface area contributed by atoms with Gasteiger partial charge in [0.05, 0.1) is 37.5 Å². The van der Waals surface area contributed by atoms with Crippen molar-refractivity contribution in [1.29, 1.82) is 5.26 Å². The number of nitrogens with zero attached hydrogens (tertiary/aromatic N) is 6. The number of rotatable bonds is 6. The molecule has 0 saturated carbocycles. The minimum absolute atomic E-state index is 0.193. The standard InChI is InChI=1S/C32H42N6O2/c1-4-38(39)18-17-37(21-26(38)12-15-33)30-28-11-14-32(13-10-27-23(2)7-5-8-24(27)19-32)20-29(28)34-31(35-30)40-22-25-9-6-16-36(25)3/h4-5,7-8,25-26H,1,6,9-14,16-22H2,2-3H3/t25-,26-,32-,38?/m0/s1. The predicted octanol–water partition coefficient (Wildman–Crippen LogP) is 4.48. The van der Waals surface area contributed by atoms with E-state index in [4.69, 9.17) is 14.7 Å². The Morgan fingerprint density at radius 3 is 2.80 bits per heavy atom. The SMILES string of the molecule is C=C[N+]1([O-])CCN(c2nc(OC[C@@H]3CCCN3C)nc3c2CC[C@]2(CCc4c(C)cccc4C2)C3)C[C@@H]1CC#N. The summed E-state index contributed by atoms with van der Waals surface area (Å²) in [5.41, 5.74) is 6.95. The van der Waals surface area contributed by atoms with E-state index >= 15 is 0 Å². The molecule has 2 aliphatic carbocycles. The Kier molecular flexibility index (Phi) is 7.32. The van der Waals surface area contributed by atoms with Crippen LogP contribution in [0.2, 0.25) is 0 Å². The van der Waals surface area contributed by atoms with E-state index in [0.29, 0.717) is 38.3 Å². The Bertz CT molecular complexity index is 1320. The van der Waals surface area contributed by atoms with Gasteiger partial charge in [-0.1, -0.05) is 18.2 Å². The molecule has 8 heteroatoms. The van der Waals surface area contributed by atoms with Gasteiger partial charge in [-0.05, 0) is 101 Å². The fraction of sp³-hybridized carbons (Fsp3) is 0.594. The maximum atomic E-state index is 13.3. The summed E-state index contributed by atoms with van der Waals surface area (Å²) >= 11 is 0. The van der Waals surface area contributed by atoms with Crippen LogP contribution in [0.3, 0.4) is 0 Å². The van der Waals surface area contributed by atoms with Crippen LogP contribution in [0.4, 0.5) is 5.82 Å². The molecule has 4 atom stereocenters. The number of fused-ring (bicyclic) bond motifs is 2. The Balaban J connectivity index is 1.32. The molecular formula is C32H42N6O2. The molecular weight excluding hydrogens is 500 g/mol. The fourth-order valence-corrected chi connectivity index (χ4v) is 7.65. The third kappa shape index (κ3) is 5.00. The van der Waals surface area contributed by atoms with Crippen molar-refractivity contribution in [3.63, 3.8) is 0 Å². The van der Waals surface area contributed by atoms with Crippen molar-refractivity contribution in [1.82, 2.24) is 14.9 Å². The lowest BCUT2D eigenvalue weighted by Gasteiger charge is -2.51. The van der Waals surface area contributed by atoms with E-state index in [2.05, 4.69) is 54.6 Å². The molecule has 1 aromatic heterocycles. The van der Waals surface area contributed by atoms with Crippen LogP contribution >= 0.6 is 0 Å². The van der Waals surface area contributed by atoms with E-state index in [1.165, 1.54) is 41.3 Å². The van der Waals surface area contributed by atoms with Crippen molar-refractivity contribution in [3.05, 3.63) is 64.1 Å². The predicted molar refractivity (Wildman–Crippen MR) is 156 cm³/mol. The van der Waals surface area contributed by atoms with Crippen LogP contribution in [-0.4, -0.2) is 71.4 Å². The van der Waals surface area contributed by atoms with Gasteiger partial charge in [0.2, 0.25) is 0 Å². The molecule has 2 fully saturated rings. The summed E-state index contributed by atoms with van der Waals surface area (Å²) in [6.07, 6.45) is 10.3. The zero-order valence-corrected chi connectivity index (χ0v) is 24.1. The highest BCUT2D eigenvalue weighted by Gasteiger charge is 2.42. The lowest BCUT2D eigenvalue weighted by Crippen LogP contribution is -2.60. The molecule has 1 aromatic carbocycles. The largest absolute Gasteiger partial charge is 0.627 e. The summed E-state index contributed by atoms with van der Waals surface area (Å²) in [6, 6.07) is 9.42. The van der Waals surface area contributed by atoms with Gasteiger partial charge in [0.25, 0.3) is 0 Å². The molecule has 8 nitrogen and oxygen atoms in total. The fourth-order valence-electron chi connectivity index (χ4n) is 7.65. The van der Waals surface area contributed by atoms with Gasteiger partial charge in [-0.2, -0.15) is 15.2 Å². The lowest BCUT2D eigenvalue weighted by atomic mass is 9.63. The molecule has 0 amide bonds. The first-order valence-corrected chi connectivity index (χ1v) is 15.0. The van der Waals surface area contributed by atoms with Crippen molar-refractivity contribution in [2.45, 2.75) is 76.8 Å². The second-order valence-corrected chi connectivity index (χ2v) is 12.6. The number of quaternary nitrogens is 1. The Morgan fingerprint density at radius 1 is 1.23 bits per heavy atom. The van der Waals surface area contributed by atoms with Crippen LogP contribution in [0.5, 0.6) is 6.01 Å². The molecule has 2 saturated heterocycles. The molecule has 2 aliphatic heterocycles. The zero-order chi connectivity index (χ0) is 27.9. The summed E-state index contributed by atoms with van der Waals surface area (Å²) in [4.78, 5) is 14.6. The van der Waals surface area contributed by atoms with E-state index in [1.54, 1.807) is 0 Å². The molecule has 212 valence electrons. The monoisotopic (exact) mass is 542 g/mol. The first-order chi connectivity index (χ1) is 19.3. The molecule has 4 aliphatic rings. The van der Waals surface area contributed by atoms with Crippen LogP contribution in [-0.2, 0) is 25.7 Å². The van der Waals surface area contributed by atoms with Crippen LogP contribution in [0.1, 0.15) is 60.1 Å². The number of aryl methyl sites for hydroxylation is 1. The van der Waals surface area contributed by atoms with Gasteiger partial charge in [0.1, 0.15) is 25.0 Å². The number of likely N-dealkylation sites (tertiary alicyclic amines) is 1. The van der Waals surface area contributed by atoms with Gasteiger partial charge in [-0.15, -0.1) is 0 Å². The minimum atomic E-state index is -0.531. The molecule has 0 N–H and O–H groups in total. The molecule has 0 bridgehead atoms. The molecule has 40 heavy (non-hydrogen) atoms. The van der Waals surface area contributed by atoms with E-state index in [9.17, 15) is 10.5 Å². The van der Waals surface area contributed by atoms with Gasteiger partial charge in [0.15, 0.2) is 0 Å². The normalized spacial score (nSPS) is 30.0. The smallest absolute Gasteiger partial charge is 0.318 e. The Labute approximate surface area is 238 Å². The van der Waals surface area contributed by atoms with E-state index in [-0.39, 0.29) is 17.9 Å². The lowest BCUT2D eigenvalue weighted by molar-refractivity contribution is -0.856. The van der Waals surface area contributed by atoms with Gasteiger partial charge in [0, 0.05) is 11.6 Å². The van der Waals surface area contributed by atoms with Crippen LogP contribution < -0.4 is 9.64 Å². The third-order valence-electron chi connectivity index (χ3n) is 10.3. The third-order valence-corrected chi connectivity index (χ3v) is 10.3. The number of hydroxylamine groups is 3. The number of anilines is 1. The maximum Gasteiger partial charge on any atom is 0.318 e. The number of benzene rings is 1. The summed E-state index contributed by atoms with van der Waals surface area (Å²) < 4.78 is 5.79. The van der Waals surface area contributed by atoms with E-state index in [1.807, 2.05) is 0 Å². The van der Waals surface area contributed by atoms with Gasteiger partial charge in [-0.3, -0.25) is 0 Å². The maximum absolute atomic E-state index is 13.3. The molecule has 6 rings (SSSR count). The number of hydrogen-bond acceptors (Lipinski definition) is 7. The average molecular weight is 543 g/mol. The average Bonchev–Trinajstić information content (AvgIpc) is 3.37. The van der Waals surface area contributed by atoms with Crippen molar-refractivity contribution in [2.24, 2.45) is 5.41 Å². The Morgan fingerprint density at radius 2 is 2.05 bits per heavy atom. The zero-order valence-electron chi connectivity index (χ0n) is 24.1. The van der Waals surface area contributed by atoms with E-state index in [0.717, 1.165) is 56.6 Å². The van der Waals surface area contributed by atoms with Gasteiger partial charge < -0.3 is 24.4 Å². The van der Waals surface area contributed by atoms with Crippen LogP contribution in [0.15, 0.2) is 31.0 Å². The summed E-state index contributed by atoms with van der Waals surface area (Å²) in [5.74, 6) is 0.903. The number of ether oxygens (including phenoxy) is 1. The number of hydrogen-bond donors (Lipinski definition) is 0. The van der Waals surface area contributed by atoms with Crippen LogP contribution in [0.25, 0.3) is 0 Å². The Hall–Kier alpha value is -2.99. The first-order valence-electron chi connectivity index (χ1n) is 15.0. The van der Waals surface area contributed by atoms with Crippen molar-refractivity contribution >= 4 is 5.82 Å². The number of nitriles is 1.